The molecule has 0 heterocycles. The molecule has 0 spiro atoms. The second-order valence-electron chi connectivity index (χ2n) is 5.48. The van der Waals surface area contributed by atoms with Crippen LogP contribution in [0.3, 0.4) is 0 Å². The van der Waals surface area contributed by atoms with Crippen molar-refractivity contribution in [2.75, 3.05) is 14.2 Å². The third-order valence-corrected chi connectivity index (χ3v) is 3.82. The van der Waals surface area contributed by atoms with E-state index in [4.69, 9.17) is 14.2 Å². The van der Waals surface area contributed by atoms with Crippen molar-refractivity contribution in [1.29, 1.82) is 0 Å². The van der Waals surface area contributed by atoms with Crippen LogP contribution < -0.4 is 9.47 Å². The molecular formula is C18H30O3. The average molecular weight is 294 g/mol. The summed E-state index contributed by atoms with van der Waals surface area (Å²) in [5.41, 5.74) is 1.27. The van der Waals surface area contributed by atoms with Crippen LogP contribution in [0, 0.1) is 0 Å². The van der Waals surface area contributed by atoms with Gasteiger partial charge in [-0.3, -0.25) is 0 Å². The van der Waals surface area contributed by atoms with Crippen LogP contribution in [-0.2, 0) is 4.74 Å². The van der Waals surface area contributed by atoms with Gasteiger partial charge in [0.15, 0.2) is 11.5 Å². The van der Waals surface area contributed by atoms with Crippen molar-refractivity contribution >= 4 is 0 Å². The summed E-state index contributed by atoms with van der Waals surface area (Å²) in [5, 5.41) is 0. The molecule has 2 atom stereocenters. The summed E-state index contributed by atoms with van der Waals surface area (Å²) in [6.07, 6.45) is 3.67. The molecule has 1 aliphatic carbocycles. The molecule has 1 aliphatic rings. The van der Waals surface area contributed by atoms with Crippen LogP contribution in [0.2, 0.25) is 0 Å². The van der Waals surface area contributed by atoms with Gasteiger partial charge in [0.05, 0.1) is 13.2 Å². The molecule has 120 valence electrons. The lowest BCUT2D eigenvalue weighted by Gasteiger charge is -2.17. The Hall–Kier alpha value is -1.22. The summed E-state index contributed by atoms with van der Waals surface area (Å²) in [6.45, 7) is 8.35. The van der Waals surface area contributed by atoms with Crippen LogP contribution in [0.1, 0.15) is 58.4 Å². The zero-order valence-electron chi connectivity index (χ0n) is 14.3. The molecule has 3 heteroatoms. The molecule has 0 saturated heterocycles. The second-order valence-corrected chi connectivity index (χ2v) is 5.48. The van der Waals surface area contributed by atoms with Crippen LogP contribution in [0.15, 0.2) is 18.2 Å². The van der Waals surface area contributed by atoms with E-state index in [-0.39, 0.29) is 6.10 Å². The molecule has 3 nitrogen and oxygen atoms in total. The van der Waals surface area contributed by atoms with E-state index in [0.717, 1.165) is 30.8 Å². The quantitative estimate of drug-likeness (QED) is 0.781. The molecule has 0 N–H and O–H groups in total. The molecule has 1 fully saturated rings. The highest BCUT2D eigenvalue weighted by Gasteiger charge is 2.26. The van der Waals surface area contributed by atoms with Gasteiger partial charge in [-0.25, -0.2) is 0 Å². The highest BCUT2D eigenvalue weighted by Crippen LogP contribution is 2.34. The number of hydrogen-bond acceptors (Lipinski definition) is 3. The predicted octanol–water partition coefficient (Wildman–Crippen LogP) is 4.79. The van der Waals surface area contributed by atoms with Gasteiger partial charge in [0.1, 0.15) is 6.10 Å². The predicted molar refractivity (Wildman–Crippen MR) is 87.5 cm³/mol. The Morgan fingerprint density at radius 1 is 1.00 bits per heavy atom. The first-order valence-corrected chi connectivity index (χ1v) is 8.01. The lowest BCUT2D eigenvalue weighted by Crippen LogP contribution is -2.15. The van der Waals surface area contributed by atoms with Crippen LogP contribution in [0.4, 0.5) is 0 Å². The smallest absolute Gasteiger partial charge is 0.161 e. The van der Waals surface area contributed by atoms with E-state index in [1.54, 1.807) is 14.2 Å². The lowest BCUT2D eigenvalue weighted by molar-refractivity contribution is 0.0940. The van der Waals surface area contributed by atoms with Crippen molar-refractivity contribution < 1.29 is 14.2 Å². The van der Waals surface area contributed by atoms with Gasteiger partial charge in [-0.1, -0.05) is 33.8 Å². The average Bonchev–Trinajstić information content (AvgIpc) is 2.97. The Labute approximate surface area is 129 Å². The molecule has 0 aliphatic heterocycles. The lowest BCUT2D eigenvalue weighted by atomic mass is 10.0. The fraction of sp³-hybridized carbons (Fsp3) is 0.667. The van der Waals surface area contributed by atoms with Gasteiger partial charge < -0.3 is 14.2 Å². The molecule has 2 rings (SSSR count). The maximum absolute atomic E-state index is 6.06. The fourth-order valence-electron chi connectivity index (χ4n) is 2.54. The van der Waals surface area contributed by atoms with E-state index in [1.807, 2.05) is 19.9 Å². The molecule has 1 aromatic rings. The van der Waals surface area contributed by atoms with Gasteiger partial charge in [0.25, 0.3) is 0 Å². The largest absolute Gasteiger partial charge is 0.493 e. The summed E-state index contributed by atoms with van der Waals surface area (Å²) < 4.78 is 16.9. The number of benzene rings is 1. The Morgan fingerprint density at radius 2 is 1.67 bits per heavy atom. The minimum absolute atomic E-state index is 0.240. The highest BCUT2D eigenvalue weighted by molar-refractivity contribution is 5.44. The van der Waals surface area contributed by atoms with E-state index >= 15 is 0 Å². The van der Waals surface area contributed by atoms with Crippen molar-refractivity contribution in [2.45, 2.75) is 65.1 Å². The van der Waals surface area contributed by atoms with E-state index in [0.29, 0.717) is 12.0 Å². The monoisotopic (exact) mass is 294 g/mol. The summed E-state index contributed by atoms with van der Waals surface area (Å²) in [7, 11) is 3.46. The molecule has 0 amide bonds. The third-order valence-electron chi connectivity index (χ3n) is 3.82. The molecule has 21 heavy (non-hydrogen) atoms. The van der Waals surface area contributed by atoms with Gasteiger partial charge >= 0.3 is 0 Å². The van der Waals surface area contributed by atoms with Gasteiger partial charge in [-0.15, -0.1) is 0 Å². The summed E-state index contributed by atoms with van der Waals surface area (Å²) in [4.78, 5) is 0. The summed E-state index contributed by atoms with van der Waals surface area (Å²) in [5.74, 6) is 2.16. The topological polar surface area (TPSA) is 27.7 Å². The molecule has 1 aromatic carbocycles. The van der Waals surface area contributed by atoms with E-state index in [1.165, 1.54) is 5.56 Å². The molecule has 2 unspecified atom stereocenters. The van der Waals surface area contributed by atoms with E-state index < -0.39 is 0 Å². The van der Waals surface area contributed by atoms with Crippen molar-refractivity contribution in [3.05, 3.63) is 23.8 Å². The van der Waals surface area contributed by atoms with Gasteiger partial charge in [0.2, 0.25) is 0 Å². The molecule has 0 aromatic heterocycles. The van der Waals surface area contributed by atoms with Crippen molar-refractivity contribution in [1.82, 2.24) is 0 Å². The Balaban J connectivity index is 0.00000106. The first-order chi connectivity index (χ1) is 10.1. The maximum atomic E-state index is 6.06. The van der Waals surface area contributed by atoms with E-state index in [2.05, 4.69) is 26.0 Å². The normalized spacial score (nSPS) is 20.9. The second kappa shape index (κ2) is 8.93. The van der Waals surface area contributed by atoms with Crippen LogP contribution >= 0.6 is 0 Å². The Bertz CT molecular complexity index is 415. The molecule has 0 bridgehead atoms. The fourth-order valence-corrected chi connectivity index (χ4v) is 2.54. The van der Waals surface area contributed by atoms with Crippen molar-refractivity contribution in [3.8, 4) is 11.5 Å². The highest BCUT2D eigenvalue weighted by atomic mass is 16.5. The van der Waals surface area contributed by atoms with Crippen LogP contribution in [-0.4, -0.2) is 26.4 Å². The summed E-state index contributed by atoms with van der Waals surface area (Å²) in [6, 6.07) is 6.21. The minimum atomic E-state index is 0.240. The zero-order valence-corrected chi connectivity index (χ0v) is 14.3. The van der Waals surface area contributed by atoms with Gasteiger partial charge in [-0.2, -0.15) is 0 Å². The van der Waals surface area contributed by atoms with Crippen molar-refractivity contribution in [3.63, 3.8) is 0 Å². The first kappa shape index (κ1) is 17.8. The third kappa shape index (κ3) is 4.92. The van der Waals surface area contributed by atoms with Crippen molar-refractivity contribution in [2.24, 2.45) is 0 Å². The number of hydrogen-bond donors (Lipinski definition) is 0. The Morgan fingerprint density at radius 3 is 2.19 bits per heavy atom. The standard InChI is InChI=1S/C16H24O3.C2H6/c1-11(2)12-5-8-15(16(9-12)18-4)19-14-7-6-13(10-14)17-3;1-2/h5,8-9,11,13-14H,6-7,10H2,1-4H3;1-2H3. The van der Waals surface area contributed by atoms with Crippen LogP contribution in [0.5, 0.6) is 11.5 Å². The molecule has 0 radical (unpaired) electrons. The SMILES string of the molecule is CC.COc1cc(C(C)C)ccc1OC1CCC(OC)C1. The van der Waals surface area contributed by atoms with E-state index in [9.17, 15) is 0 Å². The van der Waals surface area contributed by atoms with Crippen LogP contribution in [0.25, 0.3) is 0 Å². The number of rotatable bonds is 5. The zero-order chi connectivity index (χ0) is 15.8. The van der Waals surface area contributed by atoms with Gasteiger partial charge in [0, 0.05) is 13.5 Å². The van der Waals surface area contributed by atoms with Gasteiger partial charge in [-0.05, 0) is 36.5 Å². The first-order valence-electron chi connectivity index (χ1n) is 8.01. The number of methoxy groups -OCH3 is 2. The minimum Gasteiger partial charge on any atom is -0.493 e. The Kier molecular flexibility index (Phi) is 7.58. The maximum Gasteiger partial charge on any atom is 0.161 e. The molecule has 1 saturated carbocycles. The molecular weight excluding hydrogens is 264 g/mol. The number of ether oxygens (including phenoxy) is 3. The summed E-state index contributed by atoms with van der Waals surface area (Å²) >= 11 is 0.